The van der Waals surface area contributed by atoms with Crippen LogP contribution in [0.1, 0.15) is 27.6 Å². The molecule has 2 aromatic carbocycles. The lowest BCUT2D eigenvalue weighted by molar-refractivity contribution is -0.182. The molecule has 5 nitrogen and oxygen atoms in total. The van der Waals surface area contributed by atoms with Crippen LogP contribution in [-0.4, -0.2) is 23.8 Å². The maximum atomic E-state index is 11.6. The Bertz CT molecular complexity index is 633. The second-order valence-corrected chi connectivity index (χ2v) is 3.88. The number of ether oxygens (including phenoxy) is 1. The van der Waals surface area contributed by atoms with Crippen LogP contribution in [0.5, 0.6) is 0 Å². The molecule has 0 heterocycles. The van der Waals surface area contributed by atoms with Crippen molar-refractivity contribution >= 4 is 22.7 Å². The molecular formula is C14H12O5. The summed E-state index contributed by atoms with van der Waals surface area (Å²) in [7, 11) is 0. The molecule has 2 rings (SSSR count). The maximum absolute atomic E-state index is 11.6. The third-order valence-electron chi connectivity index (χ3n) is 2.67. The predicted octanol–water partition coefficient (Wildman–Crippen LogP) is 2.65. The molecule has 0 amide bonds. The van der Waals surface area contributed by atoms with Crippen LogP contribution in [-0.2, 0) is 9.62 Å². The molecule has 19 heavy (non-hydrogen) atoms. The van der Waals surface area contributed by atoms with Crippen molar-refractivity contribution in [3.8, 4) is 0 Å². The molecule has 2 aromatic rings. The minimum Gasteiger partial charge on any atom is -0.462 e. The fourth-order valence-electron chi connectivity index (χ4n) is 1.77. The van der Waals surface area contributed by atoms with E-state index in [-0.39, 0.29) is 11.5 Å². The number of carbonyl (C=O) groups is 2. The second kappa shape index (κ2) is 5.49. The molecule has 0 aliphatic carbocycles. The molecule has 1 N–H and O–H groups in total. The molecule has 0 aliphatic rings. The highest BCUT2D eigenvalue weighted by Gasteiger charge is 2.10. The highest BCUT2D eigenvalue weighted by atomic mass is 17.1. The van der Waals surface area contributed by atoms with E-state index in [2.05, 4.69) is 4.89 Å². The van der Waals surface area contributed by atoms with Gasteiger partial charge >= 0.3 is 11.9 Å². The number of carbonyl (C=O) groups excluding carboxylic acids is 2. The molecule has 0 aliphatic heterocycles. The lowest BCUT2D eigenvalue weighted by Crippen LogP contribution is -2.04. The van der Waals surface area contributed by atoms with Gasteiger partial charge in [-0.15, -0.1) is 0 Å². The van der Waals surface area contributed by atoms with Crippen molar-refractivity contribution in [2.75, 3.05) is 6.61 Å². The first kappa shape index (κ1) is 13.0. The maximum Gasteiger partial charge on any atom is 0.372 e. The van der Waals surface area contributed by atoms with Gasteiger partial charge in [0.15, 0.2) is 0 Å². The summed E-state index contributed by atoms with van der Waals surface area (Å²) in [5.41, 5.74) is 0.686. The van der Waals surface area contributed by atoms with Crippen LogP contribution in [0.15, 0.2) is 36.4 Å². The summed E-state index contributed by atoms with van der Waals surface area (Å²) in [6, 6.07) is 9.76. The van der Waals surface area contributed by atoms with E-state index < -0.39 is 5.97 Å². The summed E-state index contributed by atoms with van der Waals surface area (Å²) < 4.78 is 4.91. The van der Waals surface area contributed by atoms with Gasteiger partial charge in [0.1, 0.15) is 0 Å². The second-order valence-electron chi connectivity index (χ2n) is 3.88. The Balaban J connectivity index is 2.40. The van der Waals surface area contributed by atoms with Crippen LogP contribution in [0, 0.1) is 0 Å². The normalized spacial score (nSPS) is 10.2. The SMILES string of the molecule is CCOC(=O)c1ccc2cc(C(=O)OO)ccc2c1. The Morgan fingerprint density at radius 1 is 1.00 bits per heavy atom. The average Bonchev–Trinajstić information content (AvgIpc) is 2.45. The molecule has 5 heteroatoms. The standard InChI is InChI=1S/C14H12O5/c1-2-18-13(15)11-5-3-10-8-12(14(16)19-17)6-4-9(10)7-11/h3-8,17H,2H2,1H3. The van der Waals surface area contributed by atoms with Gasteiger partial charge in [-0.1, -0.05) is 12.1 Å². The Hall–Kier alpha value is -2.40. The summed E-state index contributed by atoms with van der Waals surface area (Å²) in [6.45, 7) is 2.06. The Morgan fingerprint density at radius 3 is 2.00 bits per heavy atom. The summed E-state index contributed by atoms with van der Waals surface area (Å²) in [4.78, 5) is 26.4. The topological polar surface area (TPSA) is 72.8 Å². The van der Waals surface area contributed by atoms with Crippen molar-refractivity contribution in [3.05, 3.63) is 47.5 Å². The Kier molecular flexibility index (Phi) is 3.77. The zero-order valence-electron chi connectivity index (χ0n) is 10.3. The molecule has 98 valence electrons. The zero-order valence-corrected chi connectivity index (χ0v) is 10.3. The van der Waals surface area contributed by atoms with Crippen molar-refractivity contribution in [2.24, 2.45) is 0 Å². The minimum atomic E-state index is -0.823. The van der Waals surface area contributed by atoms with Crippen LogP contribution in [0.3, 0.4) is 0 Å². The molecule has 0 spiro atoms. The van der Waals surface area contributed by atoms with E-state index in [9.17, 15) is 9.59 Å². The van der Waals surface area contributed by atoms with Crippen LogP contribution in [0.4, 0.5) is 0 Å². The lowest BCUT2D eigenvalue weighted by atomic mass is 10.0. The largest absolute Gasteiger partial charge is 0.462 e. The van der Waals surface area contributed by atoms with Gasteiger partial charge in [-0.2, -0.15) is 5.26 Å². The van der Waals surface area contributed by atoms with E-state index in [4.69, 9.17) is 9.99 Å². The third kappa shape index (κ3) is 2.71. The monoisotopic (exact) mass is 260 g/mol. The fourth-order valence-corrected chi connectivity index (χ4v) is 1.77. The highest BCUT2D eigenvalue weighted by molar-refractivity contribution is 5.98. The predicted molar refractivity (Wildman–Crippen MR) is 67.9 cm³/mol. The highest BCUT2D eigenvalue weighted by Crippen LogP contribution is 2.19. The van der Waals surface area contributed by atoms with Gasteiger partial charge in [0, 0.05) is 0 Å². The Labute approximate surface area is 109 Å². The van der Waals surface area contributed by atoms with Crippen molar-refractivity contribution in [1.82, 2.24) is 0 Å². The molecule has 0 unspecified atom stereocenters. The number of benzene rings is 2. The summed E-state index contributed by atoms with van der Waals surface area (Å²) >= 11 is 0. The Morgan fingerprint density at radius 2 is 1.53 bits per heavy atom. The van der Waals surface area contributed by atoms with E-state index >= 15 is 0 Å². The van der Waals surface area contributed by atoms with E-state index in [1.807, 2.05) is 0 Å². The van der Waals surface area contributed by atoms with E-state index in [1.54, 1.807) is 37.3 Å². The van der Waals surface area contributed by atoms with Crippen molar-refractivity contribution < 1.29 is 24.5 Å². The zero-order chi connectivity index (χ0) is 13.8. The molecule has 0 fully saturated rings. The van der Waals surface area contributed by atoms with Crippen molar-refractivity contribution in [1.29, 1.82) is 0 Å². The van der Waals surface area contributed by atoms with Gasteiger partial charge in [0.2, 0.25) is 0 Å². The smallest absolute Gasteiger partial charge is 0.372 e. The molecule has 0 atom stereocenters. The third-order valence-corrected chi connectivity index (χ3v) is 2.67. The molecular weight excluding hydrogens is 248 g/mol. The van der Waals surface area contributed by atoms with Crippen LogP contribution >= 0.6 is 0 Å². The average molecular weight is 260 g/mol. The molecule has 0 aromatic heterocycles. The van der Waals surface area contributed by atoms with Crippen molar-refractivity contribution in [3.63, 3.8) is 0 Å². The summed E-state index contributed by atoms with van der Waals surface area (Å²) in [5, 5.41) is 9.88. The number of rotatable bonds is 3. The van der Waals surface area contributed by atoms with E-state index in [0.717, 1.165) is 10.8 Å². The fraction of sp³-hybridized carbons (Fsp3) is 0.143. The van der Waals surface area contributed by atoms with E-state index in [0.29, 0.717) is 12.2 Å². The first-order valence-electron chi connectivity index (χ1n) is 5.72. The van der Waals surface area contributed by atoms with Gasteiger partial charge in [0.25, 0.3) is 0 Å². The van der Waals surface area contributed by atoms with E-state index in [1.165, 1.54) is 6.07 Å². The van der Waals surface area contributed by atoms with Gasteiger partial charge < -0.3 is 4.74 Å². The van der Waals surface area contributed by atoms with Crippen LogP contribution in [0.25, 0.3) is 10.8 Å². The van der Waals surface area contributed by atoms with Crippen LogP contribution < -0.4 is 0 Å². The van der Waals surface area contributed by atoms with Gasteiger partial charge in [0.05, 0.1) is 17.7 Å². The number of hydrogen-bond acceptors (Lipinski definition) is 5. The van der Waals surface area contributed by atoms with Crippen LogP contribution in [0.2, 0.25) is 0 Å². The number of hydrogen-bond donors (Lipinski definition) is 1. The summed E-state index contributed by atoms with van der Waals surface area (Å²) in [6.07, 6.45) is 0. The van der Waals surface area contributed by atoms with Gasteiger partial charge in [-0.05, 0) is 42.0 Å². The minimum absolute atomic E-state index is 0.235. The molecule has 0 saturated carbocycles. The lowest BCUT2D eigenvalue weighted by Gasteiger charge is -2.04. The summed E-state index contributed by atoms with van der Waals surface area (Å²) in [5.74, 6) is -1.21. The van der Waals surface area contributed by atoms with Gasteiger partial charge in [-0.3, -0.25) is 4.89 Å². The van der Waals surface area contributed by atoms with Crippen molar-refractivity contribution in [2.45, 2.75) is 6.92 Å². The first-order chi connectivity index (χ1) is 9.15. The quantitative estimate of drug-likeness (QED) is 0.521. The van der Waals surface area contributed by atoms with Gasteiger partial charge in [-0.25, -0.2) is 9.59 Å². The number of esters is 1. The number of fused-ring (bicyclic) bond motifs is 1. The first-order valence-corrected chi connectivity index (χ1v) is 5.72. The molecule has 0 saturated heterocycles. The molecule has 0 radical (unpaired) electrons. The molecule has 0 bridgehead atoms.